The number of nitrogens with one attached hydrogen (secondary N) is 2. The van der Waals surface area contributed by atoms with E-state index in [0.29, 0.717) is 35.3 Å². The lowest BCUT2D eigenvalue weighted by molar-refractivity contribution is -0.141. The van der Waals surface area contributed by atoms with E-state index in [4.69, 9.17) is 5.73 Å². The van der Waals surface area contributed by atoms with Crippen LogP contribution in [0.4, 0.5) is 29.3 Å². The van der Waals surface area contributed by atoms with Crippen molar-refractivity contribution in [1.29, 1.82) is 0 Å². The molecule has 2 heterocycles. The number of fused-ring (bicyclic) bond motifs is 4. The Hall–Kier alpha value is -3.07. The van der Waals surface area contributed by atoms with Gasteiger partial charge in [-0.15, -0.1) is 0 Å². The van der Waals surface area contributed by atoms with Gasteiger partial charge >= 0.3 is 12.3 Å². The van der Waals surface area contributed by atoms with Crippen molar-refractivity contribution in [3.8, 4) is 11.1 Å². The van der Waals surface area contributed by atoms with E-state index in [0.717, 1.165) is 0 Å². The second-order valence-electron chi connectivity index (χ2n) is 6.98. The fourth-order valence-corrected chi connectivity index (χ4v) is 3.22. The Labute approximate surface area is 172 Å². The number of nitrogens with zero attached hydrogens (tertiary/aromatic N) is 1. The summed E-state index contributed by atoms with van der Waals surface area (Å²) >= 11 is 0. The third-order valence-electron chi connectivity index (χ3n) is 4.83. The minimum absolute atomic E-state index is 0.226. The summed E-state index contributed by atoms with van der Waals surface area (Å²) in [7, 11) is 1.21. The summed E-state index contributed by atoms with van der Waals surface area (Å²) in [6.45, 7) is 0. The van der Waals surface area contributed by atoms with Crippen LogP contribution in [0.2, 0.25) is 0 Å². The van der Waals surface area contributed by atoms with Gasteiger partial charge < -0.3 is 15.8 Å². The summed E-state index contributed by atoms with van der Waals surface area (Å²) in [5, 5.41) is 5.08. The highest BCUT2D eigenvalue weighted by molar-refractivity contribution is 5.88. The molecule has 9 heteroatoms. The highest BCUT2D eigenvalue weighted by Gasteiger charge is 2.39. The van der Waals surface area contributed by atoms with Gasteiger partial charge in [0.15, 0.2) is 0 Å². The molecule has 1 aromatic heterocycles. The molecule has 30 heavy (non-hydrogen) atoms. The van der Waals surface area contributed by atoms with E-state index >= 15 is 0 Å². The van der Waals surface area contributed by atoms with E-state index < -0.39 is 18.3 Å². The highest BCUT2D eigenvalue weighted by atomic mass is 19.4. The zero-order valence-corrected chi connectivity index (χ0v) is 16.4. The predicted molar refractivity (Wildman–Crippen MR) is 109 cm³/mol. The van der Waals surface area contributed by atoms with Gasteiger partial charge in [-0.3, -0.25) is 10.3 Å². The average Bonchev–Trinajstić information content (AvgIpc) is 2.72. The number of rotatable bonds is 1. The van der Waals surface area contributed by atoms with Crippen molar-refractivity contribution in [2.24, 2.45) is 5.73 Å². The molecule has 1 aromatic carbocycles. The topological polar surface area (TPSA) is 89.3 Å². The zero-order valence-electron chi connectivity index (χ0n) is 16.4. The van der Waals surface area contributed by atoms with E-state index in [1.807, 2.05) is 0 Å². The first-order chi connectivity index (χ1) is 14.3. The first-order valence-electron chi connectivity index (χ1n) is 9.47. The molecule has 6 nitrogen and oxygen atoms in total. The van der Waals surface area contributed by atoms with Crippen molar-refractivity contribution >= 4 is 17.5 Å². The monoisotopic (exact) mass is 420 g/mol. The largest absolute Gasteiger partial charge is 0.453 e. The summed E-state index contributed by atoms with van der Waals surface area (Å²) in [4.78, 5) is 15.8. The molecular formula is C21H23F3N4O2. The lowest BCUT2D eigenvalue weighted by Crippen LogP contribution is -2.36. The van der Waals surface area contributed by atoms with Crippen LogP contribution in [0.25, 0.3) is 11.1 Å². The first-order valence-corrected chi connectivity index (χ1v) is 9.47. The Morgan fingerprint density at radius 1 is 1.27 bits per heavy atom. The molecule has 1 amide bonds. The van der Waals surface area contributed by atoms with Crippen LogP contribution in [0, 0.1) is 0 Å². The molecule has 2 bridgehead atoms. The van der Waals surface area contributed by atoms with Crippen molar-refractivity contribution in [2.75, 3.05) is 17.7 Å². The van der Waals surface area contributed by atoms with Gasteiger partial charge in [0.2, 0.25) is 0 Å². The predicted octanol–water partition coefficient (Wildman–Crippen LogP) is 5.01. The number of pyridine rings is 1. The third-order valence-corrected chi connectivity index (χ3v) is 4.83. The van der Waals surface area contributed by atoms with Gasteiger partial charge in [-0.05, 0) is 49.1 Å². The summed E-state index contributed by atoms with van der Waals surface area (Å²) in [5.74, 6) is 0. The molecule has 160 valence electrons. The number of nitrogens with two attached hydrogens (primary N) is 1. The minimum atomic E-state index is -4.46. The van der Waals surface area contributed by atoms with Crippen molar-refractivity contribution < 1.29 is 22.7 Å². The molecule has 0 radical (unpaired) electrons. The number of anilines is 2. The number of amides is 1. The van der Waals surface area contributed by atoms with Gasteiger partial charge in [-0.1, -0.05) is 18.2 Å². The lowest BCUT2D eigenvalue weighted by Gasteiger charge is -2.24. The van der Waals surface area contributed by atoms with Crippen molar-refractivity contribution in [3.05, 3.63) is 54.4 Å². The van der Waals surface area contributed by atoms with Crippen molar-refractivity contribution in [3.63, 3.8) is 0 Å². The number of methoxy groups -OCH3 is 1. The van der Waals surface area contributed by atoms with Gasteiger partial charge in [-0.25, -0.2) is 4.79 Å². The number of allylic oxidation sites excluding steroid dienone is 1. The van der Waals surface area contributed by atoms with Gasteiger partial charge in [0.05, 0.1) is 12.8 Å². The maximum Gasteiger partial charge on any atom is 0.411 e. The molecule has 4 N–H and O–H groups in total. The molecule has 0 saturated heterocycles. The lowest BCUT2D eigenvalue weighted by atomic mass is 10.00. The standard InChI is InChI=1S/C21H23F3N4O2/c1-30-20(29)27-14-7-8-15-13-9-10-26-18(11-13)16(25)5-3-2-4-6-19(21(22,23)24)28-17(15)12-14/h2,4,7-12,16,19,28H,3,5-6,25H2,1H3,(H,27,29)/b4-2-/t16-,19?/m0/s1. The van der Waals surface area contributed by atoms with Crippen LogP contribution in [-0.4, -0.2) is 30.4 Å². The highest BCUT2D eigenvalue weighted by Crippen LogP contribution is 2.35. The van der Waals surface area contributed by atoms with E-state index in [1.165, 1.54) is 19.3 Å². The number of halogens is 3. The fourth-order valence-electron chi connectivity index (χ4n) is 3.22. The van der Waals surface area contributed by atoms with E-state index in [1.54, 1.807) is 36.5 Å². The van der Waals surface area contributed by atoms with Crippen molar-refractivity contribution in [1.82, 2.24) is 4.98 Å². The molecule has 0 aliphatic carbocycles. The second-order valence-corrected chi connectivity index (χ2v) is 6.98. The van der Waals surface area contributed by atoms with Crippen LogP contribution in [-0.2, 0) is 4.74 Å². The number of ether oxygens (including phenoxy) is 1. The molecule has 0 spiro atoms. The summed E-state index contributed by atoms with van der Waals surface area (Å²) in [6, 6.07) is 6.06. The number of alkyl halides is 3. The van der Waals surface area contributed by atoms with Crippen LogP contribution in [0.5, 0.6) is 0 Å². The van der Waals surface area contributed by atoms with Crippen LogP contribution in [0.3, 0.4) is 0 Å². The van der Waals surface area contributed by atoms with Crippen LogP contribution in [0.15, 0.2) is 48.7 Å². The smallest absolute Gasteiger partial charge is 0.411 e. The molecule has 1 aliphatic heterocycles. The Morgan fingerprint density at radius 2 is 2.07 bits per heavy atom. The second kappa shape index (κ2) is 9.17. The number of aromatic nitrogens is 1. The Balaban J connectivity index is 2.11. The third kappa shape index (κ3) is 5.29. The molecule has 2 atom stereocenters. The SMILES string of the molecule is COC(=O)Nc1ccc2c(c1)NC(C(F)(F)F)C/C=C\CC[C@H](N)c1cc-2ccn1. The number of hydrogen-bond donors (Lipinski definition) is 3. The maximum atomic E-state index is 13.7. The van der Waals surface area contributed by atoms with Gasteiger partial charge in [0, 0.05) is 29.2 Å². The minimum Gasteiger partial charge on any atom is -0.453 e. The average molecular weight is 420 g/mol. The van der Waals surface area contributed by atoms with Gasteiger partial charge in [0.1, 0.15) is 6.04 Å². The van der Waals surface area contributed by atoms with Gasteiger partial charge in [0.25, 0.3) is 0 Å². The molecule has 0 fully saturated rings. The molecule has 1 aliphatic rings. The Morgan fingerprint density at radius 3 is 2.80 bits per heavy atom. The Kier molecular flexibility index (Phi) is 6.61. The number of carbonyl (C=O) groups excluding carboxylic acids is 1. The van der Waals surface area contributed by atoms with Crippen LogP contribution in [0.1, 0.15) is 31.0 Å². The molecular weight excluding hydrogens is 397 g/mol. The van der Waals surface area contributed by atoms with Crippen LogP contribution >= 0.6 is 0 Å². The number of benzene rings is 1. The van der Waals surface area contributed by atoms with E-state index in [2.05, 4.69) is 20.4 Å². The normalized spacial score (nSPS) is 20.4. The quantitative estimate of drug-likeness (QED) is 0.565. The van der Waals surface area contributed by atoms with Gasteiger partial charge in [-0.2, -0.15) is 13.2 Å². The molecule has 2 aromatic rings. The molecule has 3 rings (SSSR count). The maximum absolute atomic E-state index is 13.7. The summed E-state index contributed by atoms with van der Waals surface area (Å²) in [5.41, 5.74) is 8.63. The first kappa shape index (κ1) is 21.6. The number of carbonyl (C=O) groups is 1. The Bertz CT molecular complexity index is 931. The summed E-state index contributed by atoms with van der Waals surface area (Å²) < 4.78 is 45.6. The molecule has 1 unspecified atom stereocenters. The fraction of sp³-hybridized carbons (Fsp3) is 0.333. The summed E-state index contributed by atoms with van der Waals surface area (Å²) in [6.07, 6.45) is 0.519. The van der Waals surface area contributed by atoms with E-state index in [9.17, 15) is 18.0 Å². The van der Waals surface area contributed by atoms with Crippen LogP contribution < -0.4 is 16.4 Å². The van der Waals surface area contributed by atoms with Crippen molar-refractivity contribution in [2.45, 2.75) is 37.5 Å². The zero-order chi connectivity index (χ0) is 21.7. The molecule has 0 saturated carbocycles. The van der Waals surface area contributed by atoms with E-state index in [-0.39, 0.29) is 18.2 Å². The number of hydrogen-bond acceptors (Lipinski definition) is 5.